The van der Waals surface area contributed by atoms with Crippen LogP contribution in [0.25, 0.3) is 6.08 Å². The van der Waals surface area contributed by atoms with Gasteiger partial charge in [0.1, 0.15) is 16.9 Å². The third-order valence-electron chi connectivity index (χ3n) is 2.37. The van der Waals surface area contributed by atoms with Crippen LogP contribution >= 0.6 is 0 Å². The first-order valence-corrected chi connectivity index (χ1v) is 6.43. The summed E-state index contributed by atoms with van der Waals surface area (Å²) in [5.41, 5.74) is -1.50. The molecule has 1 aromatic rings. The Balaban J connectivity index is 3.33. The summed E-state index contributed by atoms with van der Waals surface area (Å²) in [6.45, 7) is 4.95. The fourth-order valence-electron chi connectivity index (χ4n) is 1.60. The van der Waals surface area contributed by atoms with Crippen LogP contribution in [-0.4, -0.2) is 29.4 Å². The molecular weight excluding hydrogens is 314 g/mol. The van der Waals surface area contributed by atoms with Crippen molar-refractivity contribution in [3.05, 3.63) is 29.8 Å². The lowest BCUT2D eigenvalue weighted by Gasteiger charge is -2.20. The maximum Gasteiger partial charge on any atom is 0.514 e. The molecule has 0 aliphatic heterocycles. The Morgan fingerprint density at radius 2 is 1.91 bits per heavy atom. The number of carbonyl (C=O) groups is 2. The van der Waals surface area contributed by atoms with Crippen LogP contribution in [0.1, 0.15) is 36.7 Å². The summed E-state index contributed by atoms with van der Waals surface area (Å²) in [6.07, 6.45) is 0.0236. The molecule has 0 radical (unpaired) electrons. The van der Waals surface area contributed by atoms with Gasteiger partial charge in [0.15, 0.2) is 5.75 Å². The van der Waals surface area contributed by atoms with E-state index in [1.807, 2.05) is 0 Å². The number of hydrogen-bond acceptors (Lipinski definition) is 5. The first-order valence-electron chi connectivity index (χ1n) is 6.43. The molecule has 1 rings (SSSR count). The molecule has 126 valence electrons. The molecule has 0 fully saturated rings. The second-order valence-corrected chi connectivity index (χ2v) is 5.31. The first kappa shape index (κ1) is 18.4. The van der Waals surface area contributed by atoms with Crippen molar-refractivity contribution in [1.82, 2.24) is 0 Å². The van der Waals surface area contributed by atoms with E-state index in [0.29, 0.717) is 0 Å². The minimum absolute atomic E-state index is 0.106. The average molecular weight is 330 g/mol. The third-order valence-corrected chi connectivity index (χ3v) is 2.37. The van der Waals surface area contributed by atoms with E-state index in [-0.39, 0.29) is 5.56 Å². The molecule has 0 aromatic heterocycles. The molecule has 0 saturated heterocycles. The van der Waals surface area contributed by atoms with Gasteiger partial charge in [-0.3, -0.25) is 0 Å². The minimum atomic E-state index is -3.24. The van der Waals surface area contributed by atoms with Crippen molar-refractivity contribution < 1.29 is 37.7 Å². The van der Waals surface area contributed by atoms with Gasteiger partial charge in [0, 0.05) is 5.56 Å². The molecule has 0 aliphatic rings. The second kappa shape index (κ2) is 7.08. The zero-order valence-electron chi connectivity index (χ0n) is 12.8. The lowest BCUT2D eigenvalue weighted by molar-refractivity contribution is -0.0504. The van der Waals surface area contributed by atoms with E-state index < -0.39 is 41.4 Å². The predicted molar refractivity (Wildman–Crippen MR) is 77.0 cm³/mol. The molecule has 0 atom stereocenters. The number of benzene rings is 1. The van der Waals surface area contributed by atoms with Crippen LogP contribution < -0.4 is 9.47 Å². The highest BCUT2D eigenvalue weighted by molar-refractivity contribution is 5.96. The molecule has 6 nitrogen and oxygen atoms in total. The summed E-state index contributed by atoms with van der Waals surface area (Å²) in [4.78, 5) is 23.1. The highest BCUT2D eigenvalue weighted by Crippen LogP contribution is 2.34. The average Bonchev–Trinajstić information content (AvgIpc) is 2.35. The van der Waals surface area contributed by atoms with Crippen molar-refractivity contribution in [3.63, 3.8) is 0 Å². The van der Waals surface area contributed by atoms with Crippen molar-refractivity contribution in [2.75, 3.05) is 0 Å². The number of carboxylic acid groups (broad SMARTS) is 1. The van der Waals surface area contributed by atoms with Crippen LogP contribution in [0.15, 0.2) is 18.7 Å². The van der Waals surface area contributed by atoms with Gasteiger partial charge < -0.3 is 19.3 Å². The number of rotatable bonds is 5. The largest absolute Gasteiger partial charge is 0.514 e. The predicted octanol–water partition coefficient (Wildman–Crippen LogP) is 3.94. The molecule has 1 aromatic carbocycles. The fourth-order valence-corrected chi connectivity index (χ4v) is 1.60. The molecule has 0 spiro atoms. The summed E-state index contributed by atoms with van der Waals surface area (Å²) < 4.78 is 38.7. The Labute approximate surface area is 131 Å². The Hall–Kier alpha value is -2.64. The van der Waals surface area contributed by atoms with Crippen molar-refractivity contribution >= 4 is 18.2 Å². The third kappa shape index (κ3) is 5.24. The number of ether oxygens (including phenoxy) is 3. The van der Waals surface area contributed by atoms with E-state index in [1.165, 1.54) is 12.1 Å². The molecular formula is C15H16F2O6. The lowest BCUT2D eigenvalue weighted by atomic mass is 10.1. The molecule has 0 amide bonds. The normalized spacial score (nSPS) is 11.0. The van der Waals surface area contributed by atoms with E-state index in [1.54, 1.807) is 20.8 Å². The van der Waals surface area contributed by atoms with Crippen LogP contribution in [-0.2, 0) is 4.74 Å². The number of hydrogen-bond donors (Lipinski definition) is 1. The van der Waals surface area contributed by atoms with Gasteiger partial charge in [-0.2, -0.15) is 8.78 Å². The quantitative estimate of drug-likeness (QED) is 0.650. The van der Waals surface area contributed by atoms with Crippen LogP contribution in [0, 0.1) is 0 Å². The van der Waals surface area contributed by atoms with E-state index in [2.05, 4.69) is 11.3 Å². The molecule has 23 heavy (non-hydrogen) atoms. The first-order chi connectivity index (χ1) is 10.5. The van der Waals surface area contributed by atoms with Crippen molar-refractivity contribution in [1.29, 1.82) is 0 Å². The Kier molecular flexibility index (Phi) is 5.67. The van der Waals surface area contributed by atoms with Gasteiger partial charge in [-0.05, 0) is 32.9 Å². The summed E-state index contributed by atoms with van der Waals surface area (Å²) >= 11 is 0. The molecule has 0 saturated carbocycles. The second-order valence-electron chi connectivity index (χ2n) is 5.31. The van der Waals surface area contributed by atoms with Crippen LogP contribution in [0.3, 0.4) is 0 Å². The molecule has 0 bridgehead atoms. The van der Waals surface area contributed by atoms with Crippen molar-refractivity contribution in [2.24, 2.45) is 0 Å². The van der Waals surface area contributed by atoms with Gasteiger partial charge in [-0.1, -0.05) is 12.7 Å². The summed E-state index contributed by atoms with van der Waals surface area (Å²) in [6, 6.07) is 2.26. The van der Waals surface area contributed by atoms with Crippen molar-refractivity contribution in [3.8, 4) is 11.5 Å². The topological polar surface area (TPSA) is 82.1 Å². The number of carbonyl (C=O) groups excluding carboxylic acids is 1. The monoisotopic (exact) mass is 330 g/mol. The number of halogens is 2. The van der Waals surface area contributed by atoms with E-state index in [4.69, 9.17) is 9.47 Å². The molecule has 0 aliphatic carbocycles. The van der Waals surface area contributed by atoms with Gasteiger partial charge >= 0.3 is 18.7 Å². The molecule has 1 N–H and O–H groups in total. The fraction of sp³-hybridized carbons (Fsp3) is 0.333. The van der Waals surface area contributed by atoms with Crippen LogP contribution in [0.5, 0.6) is 11.5 Å². The number of carboxylic acids is 1. The molecule has 0 unspecified atom stereocenters. The van der Waals surface area contributed by atoms with Gasteiger partial charge in [-0.15, -0.1) is 0 Å². The highest BCUT2D eigenvalue weighted by atomic mass is 19.3. The SMILES string of the molecule is C=Cc1ccc(OC(F)F)c(C(=O)O)c1OC(=O)OC(C)(C)C. The maximum absolute atomic E-state index is 12.4. The zero-order valence-corrected chi connectivity index (χ0v) is 12.8. The van der Waals surface area contributed by atoms with Crippen LogP contribution in [0.4, 0.5) is 13.6 Å². The summed E-state index contributed by atoms with van der Waals surface area (Å²) in [7, 11) is 0. The Bertz CT molecular complexity index is 619. The Morgan fingerprint density at radius 3 is 2.35 bits per heavy atom. The van der Waals surface area contributed by atoms with E-state index in [9.17, 15) is 23.5 Å². The summed E-state index contributed by atoms with van der Waals surface area (Å²) in [5, 5.41) is 9.23. The number of alkyl halides is 2. The number of aromatic carboxylic acids is 1. The maximum atomic E-state index is 12.4. The molecule has 8 heteroatoms. The Morgan fingerprint density at radius 1 is 1.30 bits per heavy atom. The lowest BCUT2D eigenvalue weighted by Crippen LogP contribution is -2.26. The van der Waals surface area contributed by atoms with Gasteiger partial charge in [0.25, 0.3) is 0 Å². The van der Waals surface area contributed by atoms with Gasteiger partial charge in [-0.25, -0.2) is 9.59 Å². The van der Waals surface area contributed by atoms with E-state index in [0.717, 1.165) is 6.07 Å². The van der Waals surface area contributed by atoms with E-state index >= 15 is 0 Å². The van der Waals surface area contributed by atoms with Crippen LogP contribution in [0.2, 0.25) is 0 Å². The zero-order chi connectivity index (χ0) is 17.8. The smallest absolute Gasteiger partial charge is 0.477 e. The van der Waals surface area contributed by atoms with Crippen molar-refractivity contribution in [2.45, 2.75) is 33.0 Å². The van der Waals surface area contributed by atoms with Gasteiger partial charge in [0.2, 0.25) is 0 Å². The minimum Gasteiger partial charge on any atom is -0.477 e. The highest BCUT2D eigenvalue weighted by Gasteiger charge is 2.27. The van der Waals surface area contributed by atoms with Gasteiger partial charge in [0.05, 0.1) is 0 Å². The summed E-state index contributed by atoms with van der Waals surface area (Å²) in [5.74, 6) is -2.74. The standard InChI is InChI=1S/C15H16F2O6/c1-5-8-6-7-9(21-13(16)17)10(12(18)19)11(8)22-14(20)23-15(2,3)4/h5-7,13H,1H2,2-4H3,(H,18,19). The molecule has 0 heterocycles.